The van der Waals surface area contributed by atoms with Crippen molar-refractivity contribution < 1.29 is 0 Å². The van der Waals surface area contributed by atoms with Crippen molar-refractivity contribution in [3.63, 3.8) is 0 Å². The molecule has 96 valence electrons. The maximum atomic E-state index is 8.70. The van der Waals surface area contributed by atoms with E-state index < -0.39 is 0 Å². The molecular formula is C15H20N2S. The summed E-state index contributed by atoms with van der Waals surface area (Å²) >= 11 is 1.93. The monoisotopic (exact) mass is 260 g/mol. The van der Waals surface area contributed by atoms with E-state index in [-0.39, 0.29) is 0 Å². The van der Waals surface area contributed by atoms with Crippen molar-refractivity contribution in [3.05, 3.63) is 23.8 Å². The molecule has 3 heteroatoms. The smallest absolute Gasteiger partial charge is 0.0622 e. The first-order chi connectivity index (χ1) is 8.63. The molecule has 1 aliphatic heterocycles. The first-order valence-electron chi connectivity index (χ1n) is 6.50. The number of hydrogen-bond acceptors (Lipinski definition) is 3. The molecule has 0 fully saturated rings. The first kappa shape index (κ1) is 13.3. The van der Waals surface area contributed by atoms with Crippen molar-refractivity contribution in [2.75, 3.05) is 17.7 Å². The Kier molecular flexibility index (Phi) is 4.19. The molecule has 1 aromatic carbocycles. The van der Waals surface area contributed by atoms with Crippen LogP contribution < -0.4 is 4.90 Å². The van der Waals surface area contributed by atoms with Crippen LogP contribution in [0.2, 0.25) is 0 Å². The summed E-state index contributed by atoms with van der Waals surface area (Å²) < 4.78 is 0. The van der Waals surface area contributed by atoms with Gasteiger partial charge in [0.25, 0.3) is 0 Å². The summed E-state index contributed by atoms with van der Waals surface area (Å²) in [5, 5.41) is 8.70. The quantitative estimate of drug-likeness (QED) is 0.821. The number of nitrogens with zero attached hydrogens (tertiary/aromatic N) is 2. The lowest BCUT2D eigenvalue weighted by Gasteiger charge is -2.35. The Morgan fingerprint density at radius 2 is 2.28 bits per heavy atom. The van der Waals surface area contributed by atoms with Crippen molar-refractivity contribution in [2.45, 2.75) is 43.5 Å². The minimum absolute atomic E-state index is 0.493. The molecule has 0 saturated heterocycles. The average Bonchev–Trinajstić information content (AvgIpc) is 2.37. The lowest BCUT2D eigenvalue weighted by molar-refractivity contribution is 0.635. The lowest BCUT2D eigenvalue weighted by Crippen LogP contribution is -2.36. The van der Waals surface area contributed by atoms with Crippen molar-refractivity contribution in [3.8, 4) is 6.07 Å². The van der Waals surface area contributed by atoms with Crippen LogP contribution in [-0.4, -0.2) is 18.8 Å². The molecule has 1 aliphatic rings. The fourth-order valence-electron chi connectivity index (χ4n) is 2.30. The minimum Gasteiger partial charge on any atom is -0.370 e. The molecule has 0 N–H and O–H groups in total. The second kappa shape index (κ2) is 5.67. The Hall–Kier alpha value is -1.14. The topological polar surface area (TPSA) is 27.0 Å². The Bertz CT molecular complexity index is 462. The highest BCUT2D eigenvalue weighted by atomic mass is 32.2. The summed E-state index contributed by atoms with van der Waals surface area (Å²) in [6.07, 6.45) is 1.61. The number of fused-ring (bicyclic) bond motifs is 1. The third-order valence-electron chi connectivity index (χ3n) is 3.60. The highest BCUT2D eigenvalue weighted by Gasteiger charge is 2.23. The van der Waals surface area contributed by atoms with E-state index >= 15 is 0 Å². The van der Waals surface area contributed by atoms with Gasteiger partial charge in [0.1, 0.15) is 0 Å². The molecule has 0 amide bonds. The molecule has 18 heavy (non-hydrogen) atoms. The highest BCUT2D eigenvalue weighted by molar-refractivity contribution is 7.99. The first-order valence-corrected chi connectivity index (χ1v) is 7.48. The molecule has 2 rings (SSSR count). The van der Waals surface area contributed by atoms with Crippen molar-refractivity contribution >= 4 is 17.4 Å². The van der Waals surface area contributed by atoms with Gasteiger partial charge in [-0.1, -0.05) is 19.9 Å². The summed E-state index contributed by atoms with van der Waals surface area (Å²) in [6.45, 7) is 4.46. The fraction of sp³-hybridized carbons (Fsp3) is 0.533. The molecule has 1 atom stereocenters. The summed E-state index contributed by atoms with van der Waals surface area (Å²) in [4.78, 5) is 3.73. The Morgan fingerprint density at radius 3 is 2.94 bits per heavy atom. The van der Waals surface area contributed by atoms with Gasteiger partial charge in [-0.15, -0.1) is 11.8 Å². The van der Waals surface area contributed by atoms with Gasteiger partial charge in [0, 0.05) is 30.2 Å². The van der Waals surface area contributed by atoms with Gasteiger partial charge >= 0.3 is 0 Å². The van der Waals surface area contributed by atoms with E-state index in [9.17, 15) is 0 Å². The highest BCUT2D eigenvalue weighted by Crippen LogP contribution is 2.39. The predicted molar refractivity (Wildman–Crippen MR) is 78.3 cm³/mol. The van der Waals surface area contributed by atoms with Crippen LogP contribution in [0.25, 0.3) is 0 Å². The van der Waals surface area contributed by atoms with Gasteiger partial charge in [0.15, 0.2) is 0 Å². The summed E-state index contributed by atoms with van der Waals surface area (Å²) in [6, 6.07) is 9.52. The number of nitriles is 1. The Morgan fingerprint density at radius 1 is 1.50 bits per heavy atom. The van der Waals surface area contributed by atoms with Gasteiger partial charge in [-0.05, 0) is 30.0 Å². The zero-order chi connectivity index (χ0) is 13.1. The molecule has 0 radical (unpaired) electrons. The average molecular weight is 260 g/mol. The largest absolute Gasteiger partial charge is 0.370 e. The molecule has 0 spiro atoms. The van der Waals surface area contributed by atoms with Crippen molar-refractivity contribution in [1.82, 2.24) is 0 Å². The maximum absolute atomic E-state index is 8.70. The van der Waals surface area contributed by atoms with Gasteiger partial charge in [0.2, 0.25) is 0 Å². The predicted octanol–water partition coefficient (Wildman–Crippen LogP) is 4.02. The van der Waals surface area contributed by atoms with Gasteiger partial charge in [0.05, 0.1) is 11.8 Å². The molecule has 2 nitrogen and oxygen atoms in total. The molecule has 1 unspecified atom stereocenters. The zero-order valence-corrected chi connectivity index (χ0v) is 12.1. The third-order valence-corrected chi connectivity index (χ3v) is 4.79. The van der Waals surface area contributed by atoms with Gasteiger partial charge in [-0.3, -0.25) is 0 Å². The number of anilines is 1. The molecular weight excluding hydrogens is 240 g/mol. The Labute approximate surface area is 114 Å². The second-order valence-corrected chi connectivity index (χ2v) is 6.22. The zero-order valence-electron chi connectivity index (χ0n) is 11.3. The molecule has 1 aromatic rings. The maximum Gasteiger partial charge on any atom is 0.0622 e. The number of hydrogen-bond donors (Lipinski definition) is 0. The van der Waals surface area contributed by atoms with E-state index in [1.807, 2.05) is 11.8 Å². The SMILES string of the molecule is CC(C)c1ccc2c(c1)SCC(CCC#N)N2C. The van der Waals surface area contributed by atoms with E-state index in [1.54, 1.807) is 0 Å². The molecule has 0 aliphatic carbocycles. The normalized spacial score (nSPS) is 18.6. The number of rotatable bonds is 3. The minimum atomic E-state index is 0.493. The summed E-state index contributed by atoms with van der Waals surface area (Å²) in [7, 11) is 2.15. The van der Waals surface area contributed by atoms with Crippen LogP contribution in [0.1, 0.15) is 38.2 Å². The number of benzene rings is 1. The summed E-state index contributed by atoms with van der Waals surface area (Å²) in [5.74, 6) is 1.67. The van der Waals surface area contributed by atoms with Crippen LogP contribution in [0.3, 0.4) is 0 Å². The van der Waals surface area contributed by atoms with E-state index in [0.717, 1.165) is 12.2 Å². The van der Waals surface area contributed by atoms with Gasteiger partial charge in [-0.2, -0.15) is 5.26 Å². The van der Waals surface area contributed by atoms with Crippen LogP contribution in [0.5, 0.6) is 0 Å². The molecule has 0 aromatic heterocycles. The lowest BCUT2D eigenvalue weighted by atomic mass is 10.0. The summed E-state index contributed by atoms with van der Waals surface area (Å²) in [5.41, 5.74) is 2.73. The van der Waals surface area contributed by atoms with Crippen molar-refractivity contribution in [1.29, 1.82) is 5.26 Å². The molecule has 0 bridgehead atoms. The van der Waals surface area contributed by atoms with E-state index in [0.29, 0.717) is 18.4 Å². The van der Waals surface area contributed by atoms with Crippen LogP contribution in [-0.2, 0) is 0 Å². The molecule has 1 heterocycles. The third kappa shape index (κ3) is 2.64. The fourth-order valence-corrected chi connectivity index (χ4v) is 3.64. The Balaban J connectivity index is 2.20. The van der Waals surface area contributed by atoms with Crippen LogP contribution in [0.15, 0.2) is 23.1 Å². The van der Waals surface area contributed by atoms with Gasteiger partial charge in [-0.25, -0.2) is 0 Å². The van der Waals surface area contributed by atoms with E-state index in [2.05, 4.69) is 50.1 Å². The number of thioether (sulfide) groups is 1. The van der Waals surface area contributed by atoms with Crippen molar-refractivity contribution in [2.24, 2.45) is 0 Å². The van der Waals surface area contributed by atoms with E-state index in [1.165, 1.54) is 16.1 Å². The van der Waals surface area contributed by atoms with Gasteiger partial charge < -0.3 is 4.90 Å². The van der Waals surface area contributed by atoms with Crippen LogP contribution >= 0.6 is 11.8 Å². The molecule has 0 saturated carbocycles. The van der Waals surface area contributed by atoms with Crippen LogP contribution in [0, 0.1) is 11.3 Å². The standard InChI is InChI=1S/C15H20N2S/c1-11(2)12-6-7-14-15(9-12)18-10-13(17(14)3)5-4-8-16/h6-7,9,11,13H,4-5,10H2,1-3H3. The van der Waals surface area contributed by atoms with Crippen LogP contribution in [0.4, 0.5) is 5.69 Å². The van der Waals surface area contributed by atoms with E-state index in [4.69, 9.17) is 5.26 Å². The second-order valence-electron chi connectivity index (χ2n) is 5.15.